The second-order valence-electron chi connectivity index (χ2n) is 3.17. The Morgan fingerprint density at radius 2 is 2.14 bits per heavy atom. The van der Waals surface area contributed by atoms with Crippen LogP contribution in [0.3, 0.4) is 0 Å². The molecule has 0 saturated carbocycles. The minimum atomic E-state index is -1.58. The maximum atomic E-state index is 12.9. The molecule has 3 N–H and O–H groups in total. The van der Waals surface area contributed by atoms with Gasteiger partial charge in [0.1, 0.15) is 11.4 Å². The van der Waals surface area contributed by atoms with Gasteiger partial charge in [-0.25, -0.2) is 9.18 Å². The Balaban J connectivity index is 3.25. The van der Waals surface area contributed by atoms with Crippen molar-refractivity contribution in [1.29, 1.82) is 0 Å². The van der Waals surface area contributed by atoms with Crippen molar-refractivity contribution in [1.82, 2.24) is 0 Å². The first-order valence-electron chi connectivity index (χ1n) is 3.83. The highest BCUT2D eigenvalue weighted by Crippen LogP contribution is 2.23. The van der Waals surface area contributed by atoms with Crippen LogP contribution in [0.5, 0.6) is 0 Å². The molecule has 0 aliphatic carbocycles. The second-order valence-corrected chi connectivity index (χ2v) is 4.08. The van der Waals surface area contributed by atoms with Crippen molar-refractivity contribution >= 4 is 21.9 Å². The first kappa shape index (κ1) is 11.1. The molecule has 0 aliphatic heterocycles. The Hall–Kier alpha value is -0.940. The lowest BCUT2D eigenvalue weighted by Crippen LogP contribution is -2.41. The minimum absolute atomic E-state index is 0.219. The molecule has 0 bridgehead atoms. The summed E-state index contributed by atoms with van der Waals surface area (Å²) in [4.78, 5) is 10.8. The Kier molecular flexibility index (Phi) is 2.92. The molecule has 76 valence electrons. The fourth-order valence-electron chi connectivity index (χ4n) is 0.977. The van der Waals surface area contributed by atoms with Crippen molar-refractivity contribution in [2.24, 2.45) is 5.73 Å². The van der Waals surface area contributed by atoms with Crippen LogP contribution in [0.1, 0.15) is 12.5 Å². The number of hydrogen-bond acceptors (Lipinski definition) is 2. The van der Waals surface area contributed by atoms with E-state index in [1.807, 2.05) is 0 Å². The standard InChI is InChI=1S/C9H9BrFNO2/c1-9(12,8(13)14)5-2-6(10)4-7(11)3-5/h2-4H,12H2,1H3,(H,13,14)/t9-/m0/s1. The summed E-state index contributed by atoms with van der Waals surface area (Å²) in [6.45, 7) is 1.32. The highest BCUT2D eigenvalue weighted by atomic mass is 79.9. The van der Waals surface area contributed by atoms with E-state index in [2.05, 4.69) is 15.9 Å². The number of aliphatic carboxylic acids is 1. The minimum Gasteiger partial charge on any atom is -0.480 e. The predicted octanol–water partition coefficient (Wildman–Crippen LogP) is 1.85. The van der Waals surface area contributed by atoms with Gasteiger partial charge in [0.05, 0.1) is 0 Å². The third-order valence-corrected chi connectivity index (χ3v) is 2.36. The molecular weight excluding hydrogens is 253 g/mol. The van der Waals surface area contributed by atoms with Gasteiger partial charge in [0.15, 0.2) is 0 Å². The summed E-state index contributed by atoms with van der Waals surface area (Å²) >= 11 is 3.07. The lowest BCUT2D eigenvalue weighted by atomic mass is 9.93. The van der Waals surface area contributed by atoms with Crippen LogP contribution in [0, 0.1) is 5.82 Å². The Bertz CT molecular complexity index is 359. The number of carboxylic acid groups (broad SMARTS) is 1. The molecule has 1 aromatic carbocycles. The third kappa shape index (κ3) is 2.10. The average molecular weight is 262 g/mol. The molecule has 3 nitrogen and oxygen atoms in total. The summed E-state index contributed by atoms with van der Waals surface area (Å²) in [6.07, 6.45) is 0. The van der Waals surface area contributed by atoms with E-state index in [1.165, 1.54) is 19.1 Å². The first-order valence-corrected chi connectivity index (χ1v) is 4.62. The molecule has 1 rings (SSSR count). The Labute approximate surface area is 88.9 Å². The van der Waals surface area contributed by atoms with E-state index in [0.717, 1.165) is 6.07 Å². The van der Waals surface area contributed by atoms with Crippen molar-refractivity contribution in [2.45, 2.75) is 12.5 Å². The molecule has 14 heavy (non-hydrogen) atoms. The SMILES string of the molecule is C[C@@](N)(C(=O)O)c1cc(F)cc(Br)c1. The molecule has 0 amide bonds. The largest absolute Gasteiger partial charge is 0.480 e. The van der Waals surface area contributed by atoms with Gasteiger partial charge in [-0.1, -0.05) is 15.9 Å². The molecule has 5 heteroatoms. The summed E-state index contributed by atoms with van der Waals surface area (Å²) < 4.78 is 13.4. The number of benzene rings is 1. The van der Waals surface area contributed by atoms with Crippen LogP contribution in [-0.4, -0.2) is 11.1 Å². The lowest BCUT2D eigenvalue weighted by molar-refractivity contribution is -0.143. The van der Waals surface area contributed by atoms with Gasteiger partial charge in [0.25, 0.3) is 0 Å². The van der Waals surface area contributed by atoms with Crippen molar-refractivity contribution in [2.75, 3.05) is 0 Å². The maximum Gasteiger partial charge on any atom is 0.328 e. The highest BCUT2D eigenvalue weighted by Gasteiger charge is 2.30. The molecule has 0 aliphatic rings. The third-order valence-electron chi connectivity index (χ3n) is 1.91. The summed E-state index contributed by atoms with van der Waals surface area (Å²) in [5.74, 6) is -1.72. The lowest BCUT2D eigenvalue weighted by Gasteiger charge is -2.19. The fourth-order valence-corrected chi connectivity index (χ4v) is 1.44. The molecule has 1 aromatic rings. The molecule has 0 heterocycles. The van der Waals surface area contributed by atoms with Crippen LogP contribution in [0.2, 0.25) is 0 Å². The molecule has 0 unspecified atom stereocenters. The molecule has 0 aromatic heterocycles. The monoisotopic (exact) mass is 261 g/mol. The zero-order chi connectivity index (χ0) is 10.9. The summed E-state index contributed by atoms with van der Waals surface area (Å²) in [5, 5.41) is 8.81. The summed E-state index contributed by atoms with van der Waals surface area (Å²) in [7, 11) is 0. The van der Waals surface area contributed by atoms with Gasteiger partial charge < -0.3 is 10.8 Å². The van der Waals surface area contributed by atoms with Crippen LogP contribution in [-0.2, 0) is 10.3 Å². The van der Waals surface area contributed by atoms with Crippen LogP contribution in [0.4, 0.5) is 4.39 Å². The summed E-state index contributed by atoms with van der Waals surface area (Å²) in [5.41, 5.74) is 4.17. The Morgan fingerprint density at radius 1 is 1.57 bits per heavy atom. The van der Waals surface area contributed by atoms with Gasteiger partial charge in [-0.15, -0.1) is 0 Å². The Morgan fingerprint density at radius 3 is 2.57 bits per heavy atom. The first-order chi connectivity index (χ1) is 6.34. The molecule has 0 radical (unpaired) electrons. The van der Waals surface area contributed by atoms with Crippen LogP contribution < -0.4 is 5.73 Å². The van der Waals surface area contributed by atoms with E-state index in [-0.39, 0.29) is 5.56 Å². The van der Waals surface area contributed by atoms with Crippen molar-refractivity contribution in [3.8, 4) is 0 Å². The van der Waals surface area contributed by atoms with E-state index in [0.29, 0.717) is 4.47 Å². The fraction of sp³-hybridized carbons (Fsp3) is 0.222. The molecule has 0 saturated heterocycles. The number of hydrogen-bond donors (Lipinski definition) is 2. The van der Waals surface area contributed by atoms with E-state index < -0.39 is 17.3 Å². The second kappa shape index (κ2) is 3.67. The molecule has 1 atom stereocenters. The number of carbonyl (C=O) groups is 1. The van der Waals surface area contributed by atoms with Crippen LogP contribution >= 0.6 is 15.9 Å². The van der Waals surface area contributed by atoms with Crippen LogP contribution in [0.25, 0.3) is 0 Å². The van der Waals surface area contributed by atoms with Gasteiger partial charge in [-0.2, -0.15) is 0 Å². The van der Waals surface area contributed by atoms with Gasteiger partial charge in [0, 0.05) is 4.47 Å². The van der Waals surface area contributed by atoms with Crippen LogP contribution in [0.15, 0.2) is 22.7 Å². The predicted molar refractivity (Wildman–Crippen MR) is 53.3 cm³/mol. The highest BCUT2D eigenvalue weighted by molar-refractivity contribution is 9.10. The zero-order valence-corrected chi connectivity index (χ0v) is 9.01. The molecule has 0 spiro atoms. The normalized spacial score (nSPS) is 14.9. The maximum absolute atomic E-state index is 12.9. The zero-order valence-electron chi connectivity index (χ0n) is 7.42. The summed E-state index contributed by atoms with van der Waals surface area (Å²) in [6, 6.07) is 3.83. The van der Waals surface area contributed by atoms with Crippen molar-refractivity contribution < 1.29 is 14.3 Å². The number of nitrogens with two attached hydrogens (primary N) is 1. The average Bonchev–Trinajstić information content (AvgIpc) is 2.01. The number of carboxylic acids is 1. The molecule has 0 fully saturated rings. The van der Waals surface area contributed by atoms with Crippen molar-refractivity contribution in [3.05, 3.63) is 34.1 Å². The van der Waals surface area contributed by atoms with E-state index in [9.17, 15) is 9.18 Å². The van der Waals surface area contributed by atoms with Gasteiger partial charge in [-0.05, 0) is 30.7 Å². The smallest absolute Gasteiger partial charge is 0.328 e. The topological polar surface area (TPSA) is 63.3 Å². The molecular formula is C9H9BrFNO2. The van der Waals surface area contributed by atoms with Gasteiger partial charge in [-0.3, -0.25) is 0 Å². The number of rotatable bonds is 2. The van der Waals surface area contributed by atoms with E-state index >= 15 is 0 Å². The van der Waals surface area contributed by atoms with E-state index in [1.54, 1.807) is 0 Å². The van der Waals surface area contributed by atoms with Gasteiger partial charge >= 0.3 is 5.97 Å². The number of halogens is 2. The van der Waals surface area contributed by atoms with Gasteiger partial charge in [0.2, 0.25) is 0 Å². The van der Waals surface area contributed by atoms with Crippen molar-refractivity contribution in [3.63, 3.8) is 0 Å². The quantitative estimate of drug-likeness (QED) is 0.854. The van der Waals surface area contributed by atoms with E-state index in [4.69, 9.17) is 10.8 Å².